The van der Waals surface area contributed by atoms with Crippen LogP contribution >= 0.6 is 11.6 Å². The molecule has 2 aromatic carbocycles. The largest absolute Gasteiger partial charge is 0.489 e. The maximum Gasteiger partial charge on any atom is 0.254 e. The number of carbonyl (C=O) groups excluding carboxylic acids is 2. The molecule has 378 valence electrons. The van der Waals surface area contributed by atoms with Gasteiger partial charge in [0, 0.05) is 135 Å². The normalized spacial score (nSPS) is 22.6. The number of aromatic nitrogens is 6. The van der Waals surface area contributed by atoms with E-state index in [0.29, 0.717) is 51.9 Å². The van der Waals surface area contributed by atoms with Gasteiger partial charge in [-0.3, -0.25) is 19.0 Å². The third-order valence-electron chi connectivity index (χ3n) is 17.8. The molecule has 0 radical (unpaired) electrons. The lowest BCUT2D eigenvalue weighted by molar-refractivity contribution is -0.164. The number of ether oxygens (including phenoxy) is 1. The molecule has 2 aliphatic carbocycles. The molecule has 1 N–H and O–H groups in total. The Balaban J connectivity index is 0.687. The number of nitrogens with zero attached hydrogens (tertiary/aromatic N) is 11. The van der Waals surface area contributed by atoms with Crippen LogP contribution in [0.4, 0.5) is 17.5 Å². The second kappa shape index (κ2) is 18.2. The van der Waals surface area contributed by atoms with Crippen LogP contribution in [-0.4, -0.2) is 109 Å². The number of hydrogen-bond donors (Lipinski definition) is 1. The van der Waals surface area contributed by atoms with Gasteiger partial charge in [0.25, 0.3) is 5.91 Å². The summed E-state index contributed by atoms with van der Waals surface area (Å²) in [5, 5.41) is 23.1. The van der Waals surface area contributed by atoms with Gasteiger partial charge < -0.3 is 29.7 Å². The number of benzene rings is 2. The van der Waals surface area contributed by atoms with Gasteiger partial charge >= 0.3 is 0 Å². The van der Waals surface area contributed by atoms with Crippen molar-refractivity contribution >= 4 is 40.9 Å². The molecular weight excluding hydrogens is 924 g/mol. The Kier molecular flexibility index (Phi) is 12.2. The SMILES string of the molecule is CC(=O)N1CCc2c(c(N3CCCc4cc(-c5cnn(C)c5)c(C)cc43)nn2C2CCN(C3CCC4(CC3)CN(c3ncc(C(=O)NC5C(C)(C)C(Oc6ccc(C#N)c(Cl)c6C)C5(C)C)cn3)C4)CC2)C1. The Morgan fingerprint density at radius 3 is 2.31 bits per heavy atom. The first-order valence-corrected chi connectivity index (χ1v) is 26.6. The summed E-state index contributed by atoms with van der Waals surface area (Å²) in [5.41, 5.74) is 9.87. The fourth-order valence-corrected chi connectivity index (χ4v) is 14.2. The molecule has 15 nitrogen and oxygen atoms in total. The van der Waals surface area contributed by atoms with Crippen LogP contribution in [0.25, 0.3) is 11.1 Å². The first-order valence-electron chi connectivity index (χ1n) is 26.2. The Morgan fingerprint density at radius 2 is 1.64 bits per heavy atom. The van der Waals surface area contributed by atoms with E-state index in [1.165, 1.54) is 59.3 Å². The van der Waals surface area contributed by atoms with Gasteiger partial charge in [-0.1, -0.05) is 39.3 Å². The molecule has 5 aromatic rings. The highest BCUT2D eigenvalue weighted by molar-refractivity contribution is 6.32. The van der Waals surface area contributed by atoms with E-state index in [9.17, 15) is 14.9 Å². The lowest BCUT2D eigenvalue weighted by Gasteiger charge is -2.63. The van der Waals surface area contributed by atoms with Gasteiger partial charge in [0.15, 0.2) is 5.82 Å². The number of aryl methyl sites for hydroxylation is 3. The number of hydrogen-bond acceptors (Lipinski definition) is 11. The van der Waals surface area contributed by atoms with Crippen molar-refractivity contribution in [2.75, 3.05) is 49.1 Å². The van der Waals surface area contributed by atoms with Crippen molar-refractivity contribution in [3.8, 4) is 22.9 Å². The van der Waals surface area contributed by atoms with Gasteiger partial charge in [-0.2, -0.15) is 15.5 Å². The van der Waals surface area contributed by atoms with Gasteiger partial charge in [-0.25, -0.2) is 9.97 Å². The molecule has 16 heteroatoms. The van der Waals surface area contributed by atoms with E-state index in [2.05, 4.69) is 88.8 Å². The van der Waals surface area contributed by atoms with Crippen molar-refractivity contribution in [2.24, 2.45) is 23.3 Å². The molecular formula is C56H69ClN12O3. The Morgan fingerprint density at radius 1 is 0.917 bits per heavy atom. The summed E-state index contributed by atoms with van der Waals surface area (Å²) < 4.78 is 10.8. The number of nitrogens with one attached hydrogen (secondary N) is 1. The summed E-state index contributed by atoms with van der Waals surface area (Å²) >= 11 is 6.46. The molecule has 4 aliphatic heterocycles. The minimum Gasteiger partial charge on any atom is -0.489 e. The monoisotopic (exact) mass is 993 g/mol. The van der Waals surface area contributed by atoms with Crippen LogP contribution < -0.4 is 19.9 Å². The number of halogens is 1. The zero-order chi connectivity index (χ0) is 50.4. The number of likely N-dealkylation sites (tertiary alicyclic amines) is 1. The quantitative estimate of drug-likeness (QED) is 0.151. The zero-order valence-corrected chi connectivity index (χ0v) is 44.0. The highest BCUT2D eigenvalue weighted by Gasteiger charge is 2.64. The number of rotatable bonds is 9. The zero-order valence-electron chi connectivity index (χ0n) is 43.3. The molecule has 0 atom stereocenters. The van der Waals surface area contributed by atoms with Gasteiger partial charge in [0.05, 0.1) is 34.9 Å². The minimum absolute atomic E-state index is 0.126. The van der Waals surface area contributed by atoms with E-state index in [1.54, 1.807) is 31.5 Å². The van der Waals surface area contributed by atoms with E-state index < -0.39 is 0 Å². The fraction of sp³-hybridized carbons (Fsp3) is 0.554. The third-order valence-corrected chi connectivity index (χ3v) is 18.2. The van der Waals surface area contributed by atoms with Crippen LogP contribution in [0.15, 0.2) is 49.1 Å². The molecule has 0 unspecified atom stereocenters. The number of amides is 2. The molecule has 4 fully saturated rings. The number of nitriles is 1. The van der Waals surface area contributed by atoms with E-state index in [-0.39, 0.29) is 34.8 Å². The molecule has 6 aliphatic rings. The van der Waals surface area contributed by atoms with Crippen molar-refractivity contribution in [1.29, 1.82) is 5.26 Å². The van der Waals surface area contributed by atoms with E-state index in [4.69, 9.17) is 31.4 Å². The van der Waals surface area contributed by atoms with Crippen LogP contribution in [0.3, 0.4) is 0 Å². The van der Waals surface area contributed by atoms with Crippen LogP contribution in [0, 0.1) is 41.4 Å². The lowest BCUT2D eigenvalue weighted by atomic mass is 9.49. The minimum atomic E-state index is -0.380. The van der Waals surface area contributed by atoms with Crippen molar-refractivity contribution < 1.29 is 14.3 Å². The third kappa shape index (κ3) is 8.30. The van der Waals surface area contributed by atoms with E-state index in [1.807, 2.05) is 29.7 Å². The first-order chi connectivity index (χ1) is 34.4. The van der Waals surface area contributed by atoms with E-state index in [0.717, 1.165) is 88.3 Å². The van der Waals surface area contributed by atoms with Crippen LogP contribution in [0.1, 0.15) is 129 Å². The summed E-state index contributed by atoms with van der Waals surface area (Å²) in [6, 6.07) is 11.1. The van der Waals surface area contributed by atoms with Crippen molar-refractivity contribution in [2.45, 2.75) is 137 Å². The van der Waals surface area contributed by atoms with Gasteiger partial charge in [0.2, 0.25) is 11.9 Å². The molecule has 3 aromatic heterocycles. The Hall–Kier alpha value is -5.98. The fourth-order valence-electron chi connectivity index (χ4n) is 14.0. The predicted octanol–water partition coefficient (Wildman–Crippen LogP) is 8.90. The van der Waals surface area contributed by atoms with Crippen LogP contribution in [-0.2, 0) is 31.2 Å². The Labute approximate surface area is 428 Å². The number of piperidine rings is 1. The maximum absolute atomic E-state index is 13.6. The molecule has 1 spiro atoms. The molecule has 2 amide bonds. The molecule has 11 rings (SSSR count). The predicted molar refractivity (Wildman–Crippen MR) is 279 cm³/mol. The maximum atomic E-state index is 13.6. The lowest BCUT2D eigenvalue weighted by Crippen LogP contribution is -2.74. The topological polar surface area (TPSA) is 154 Å². The standard InChI is InChI=1S/C56H69ClN12O3/c1-34-24-46-37(25-43(34)40-29-61-64(8)30-40)10-9-20-68(46)49-44-31-66(36(3)70)23-17-45(44)69(63-49)42-15-21-65(22-16-42)41-13-18-56(19-14-41)32-67(33-56)53-59-27-39(28-60-53)50(71)62-51-54(4,5)52(55(51,6)7)72-47-12-11-38(26-58)48(57)35(47)2/h11-12,24-25,27-30,41-42,51-52H,9-10,13-23,31-33H2,1-8H3,(H,62,71). The molecule has 7 heterocycles. The van der Waals surface area contributed by atoms with Gasteiger partial charge in [0.1, 0.15) is 17.9 Å². The first kappa shape index (κ1) is 48.3. The highest BCUT2D eigenvalue weighted by Crippen LogP contribution is 2.56. The Bertz CT molecular complexity index is 2950. The summed E-state index contributed by atoms with van der Waals surface area (Å²) in [6.07, 6.45) is 17.1. The summed E-state index contributed by atoms with van der Waals surface area (Å²) in [6.45, 7) is 20.5. The molecule has 2 saturated carbocycles. The highest BCUT2D eigenvalue weighted by atomic mass is 35.5. The molecule has 0 bridgehead atoms. The summed E-state index contributed by atoms with van der Waals surface area (Å²) in [7, 11) is 1.97. The molecule has 2 saturated heterocycles. The van der Waals surface area contributed by atoms with E-state index >= 15 is 0 Å². The number of fused-ring (bicyclic) bond motifs is 2. The average molecular weight is 994 g/mol. The van der Waals surface area contributed by atoms with Crippen molar-refractivity contribution in [3.63, 3.8) is 0 Å². The number of carbonyl (C=O) groups is 2. The second-order valence-electron chi connectivity index (χ2n) is 23.2. The van der Waals surface area contributed by atoms with Crippen molar-refractivity contribution in [1.82, 2.24) is 44.6 Å². The summed E-state index contributed by atoms with van der Waals surface area (Å²) in [5.74, 6) is 2.29. The summed E-state index contributed by atoms with van der Waals surface area (Å²) in [4.78, 5) is 45.3. The second-order valence-corrected chi connectivity index (χ2v) is 23.6. The smallest absolute Gasteiger partial charge is 0.254 e. The van der Waals surface area contributed by atoms with Gasteiger partial charge in [-0.15, -0.1) is 0 Å². The molecule has 72 heavy (non-hydrogen) atoms. The van der Waals surface area contributed by atoms with Crippen LogP contribution in [0.5, 0.6) is 5.75 Å². The number of anilines is 3. The van der Waals surface area contributed by atoms with Gasteiger partial charge in [-0.05, 0) is 106 Å². The van der Waals surface area contributed by atoms with Crippen LogP contribution in [0.2, 0.25) is 5.02 Å². The van der Waals surface area contributed by atoms with Crippen molar-refractivity contribution in [3.05, 3.63) is 93.2 Å². The average Bonchev–Trinajstić information content (AvgIpc) is 3.98.